The van der Waals surface area contributed by atoms with Crippen molar-refractivity contribution in [2.45, 2.75) is 32.4 Å². The normalized spacial score (nSPS) is 12.2. The molecule has 0 aliphatic rings. The highest BCUT2D eigenvalue weighted by molar-refractivity contribution is 7.00. The SMILES string of the molecule is CC(C)(C)[Si](Oc1cc(CO)cc2c(F)c(Cl)ccc12)(c1ccccc1)c1ccccc1. The van der Waals surface area contributed by atoms with Gasteiger partial charge in [-0.2, -0.15) is 0 Å². The van der Waals surface area contributed by atoms with Crippen LogP contribution in [0.1, 0.15) is 26.3 Å². The Morgan fingerprint density at radius 2 is 1.41 bits per heavy atom. The molecule has 0 radical (unpaired) electrons. The van der Waals surface area contributed by atoms with Crippen molar-refractivity contribution in [3.05, 3.63) is 101 Å². The fourth-order valence-corrected chi connectivity index (χ4v) is 8.98. The van der Waals surface area contributed by atoms with Gasteiger partial charge in [0.2, 0.25) is 0 Å². The third kappa shape index (κ3) is 3.83. The maximum Gasteiger partial charge on any atom is 0.319 e. The first-order chi connectivity index (χ1) is 15.3. The van der Waals surface area contributed by atoms with Gasteiger partial charge in [0, 0.05) is 10.8 Å². The van der Waals surface area contributed by atoms with E-state index in [9.17, 15) is 9.50 Å². The standard InChI is InChI=1S/C27H26ClFO2Si/c1-27(2,3)32(20-10-6-4-7-11-20,21-12-8-5-9-13-21)31-25-17-19(18-30)16-23-22(25)14-15-24(28)26(23)29/h4-17,30H,18H2,1-3H3. The lowest BCUT2D eigenvalue weighted by Crippen LogP contribution is -2.68. The number of rotatable bonds is 5. The minimum absolute atomic E-state index is 0.0454. The summed E-state index contributed by atoms with van der Waals surface area (Å²) >= 11 is 6.06. The summed E-state index contributed by atoms with van der Waals surface area (Å²) in [5.74, 6) is 0.0446. The Hall–Kier alpha value is -2.66. The zero-order valence-electron chi connectivity index (χ0n) is 18.4. The van der Waals surface area contributed by atoms with E-state index in [0.717, 1.165) is 10.4 Å². The van der Waals surface area contributed by atoms with Crippen molar-refractivity contribution in [3.63, 3.8) is 0 Å². The third-order valence-electron chi connectivity index (χ3n) is 5.91. The van der Waals surface area contributed by atoms with Crippen LogP contribution in [-0.4, -0.2) is 13.4 Å². The lowest BCUT2D eigenvalue weighted by molar-refractivity contribution is 0.281. The van der Waals surface area contributed by atoms with Gasteiger partial charge in [-0.05, 0) is 45.2 Å². The molecule has 0 fully saturated rings. The van der Waals surface area contributed by atoms with Crippen LogP contribution in [0.25, 0.3) is 10.8 Å². The molecule has 0 spiro atoms. The Bertz CT molecular complexity index is 1200. The highest BCUT2D eigenvalue weighted by Gasteiger charge is 2.52. The van der Waals surface area contributed by atoms with Crippen molar-refractivity contribution in [1.82, 2.24) is 0 Å². The number of aliphatic hydroxyl groups excluding tert-OH is 1. The number of fused-ring (bicyclic) bond motifs is 1. The zero-order chi connectivity index (χ0) is 22.9. The van der Waals surface area contributed by atoms with Crippen LogP contribution in [0.3, 0.4) is 0 Å². The molecule has 0 aliphatic heterocycles. The van der Waals surface area contributed by atoms with Gasteiger partial charge in [-0.15, -0.1) is 0 Å². The van der Waals surface area contributed by atoms with Crippen LogP contribution in [0.15, 0.2) is 84.9 Å². The summed E-state index contributed by atoms with van der Waals surface area (Å²) in [6.07, 6.45) is 0. The molecule has 0 saturated heterocycles. The van der Waals surface area contributed by atoms with E-state index in [2.05, 4.69) is 45.0 Å². The summed E-state index contributed by atoms with van der Waals surface area (Å²) in [6.45, 7) is 6.34. The average Bonchev–Trinajstić information content (AvgIpc) is 2.80. The van der Waals surface area contributed by atoms with E-state index >= 15 is 0 Å². The van der Waals surface area contributed by atoms with Gasteiger partial charge in [-0.25, -0.2) is 4.39 Å². The maximum atomic E-state index is 14.9. The molecule has 1 N–H and O–H groups in total. The van der Waals surface area contributed by atoms with Gasteiger partial charge >= 0.3 is 8.32 Å². The second-order valence-corrected chi connectivity index (χ2v) is 13.6. The largest absolute Gasteiger partial charge is 0.534 e. The first-order valence-corrected chi connectivity index (χ1v) is 12.9. The van der Waals surface area contributed by atoms with Crippen molar-refractivity contribution >= 4 is 41.1 Å². The lowest BCUT2D eigenvalue weighted by atomic mass is 10.1. The van der Waals surface area contributed by atoms with Crippen molar-refractivity contribution in [2.75, 3.05) is 0 Å². The Kier molecular flexibility index (Phi) is 6.12. The number of benzene rings is 4. The molecule has 4 aromatic rings. The summed E-state index contributed by atoms with van der Waals surface area (Å²) in [6, 6.07) is 27.3. The van der Waals surface area contributed by atoms with E-state index in [1.165, 1.54) is 0 Å². The number of aliphatic hydroxyl groups is 1. The molecule has 2 nitrogen and oxygen atoms in total. The van der Waals surface area contributed by atoms with Crippen molar-refractivity contribution < 1.29 is 13.9 Å². The Morgan fingerprint density at radius 1 is 0.844 bits per heavy atom. The zero-order valence-corrected chi connectivity index (χ0v) is 20.2. The summed E-state index contributed by atoms with van der Waals surface area (Å²) in [5.41, 5.74) is 0.576. The summed E-state index contributed by atoms with van der Waals surface area (Å²) in [5, 5.41) is 12.9. The Balaban J connectivity index is 2.05. The van der Waals surface area contributed by atoms with Crippen molar-refractivity contribution in [1.29, 1.82) is 0 Å². The summed E-state index contributed by atoms with van der Waals surface area (Å²) < 4.78 is 22.1. The van der Waals surface area contributed by atoms with E-state index in [1.807, 2.05) is 42.5 Å². The van der Waals surface area contributed by atoms with Crippen LogP contribution in [0.4, 0.5) is 4.39 Å². The topological polar surface area (TPSA) is 29.5 Å². The Morgan fingerprint density at radius 3 is 1.91 bits per heavy atom. The quantitative estimate of drug-likeness (QED) is 0.363. The fraction of sp³-hybridized carbons (Fsp3) is 0.185. The predicted molar refractivity (Wildman–Crippen MR) is 133 cm³/mol. The number of halogens is 2. The van der Waals surface area contributed by atoms with E-state index in [-0.39, 0.29) is 16.7 Å². The van der Waals surface area contributed by atoms with E-state index in [0.29, 0.717) is 22.1 Å². The molecule has 0 heterocycles. The Labute approximate surface area is 194 Å². The molecule has 164 valence electrons. The molecule has 0 unspecified atom stereocenters. The summed E-state index contributed by atoms with van der Waals surface area (Å²) in [7, 11) is -2.91. The van der Waals surface area contributed by atoms with Gasteiger partial charge < -0.3 is 9.53 Å². The summed E-state index contributed by atoms with van der Waals surface area (Å²) in [4.78, 5) is 0. The van der Waals surface area contributed by atoms with Crippen LogP contribution in [0.2, 0.25) is 10.1 Å². The minimum atomic E-state index is -2.91. The monoisotopic (exact) mass is 464 g/mol. The first kappa shape index (κ1) is 22.5. The van der Waals surface area contributed by atoms with Gasteiger partial charge in [-0.3, -0.25) is 0 Å². The van der Waals surface area contributed by atoms with Crippen LogP contribution in [0, 0.1) is 5.82 Å². The van der Waals surface area contributed by atoms with Gasteiger partial charge in [0.05, 0.1) is 11.6 Å². The molecule has 32 heavy (non-hydrogen) atoms. The number of hydrogen-bond donors (Lipinski definition) is 1. The molecule has 4 rings (SSSR count). The van der Waals surface area contributed by atoms with Gasteiger partial charge in [0.25, 0.3) is 0 Å². The van der Waals surface area contributed by atoms with Gasteiger partial charge in [-0.1, -0.05) is 93.0 Å². The van der Waals surface area contributed by atoms with Crippen LogP contribution in [0.5, 0.6) is 5.75 Å². The minimum Gasteiger partial charge on any atom is -0.534 e. The van der Waals surface area contributed by atoms with Gasteiger partial charge in [0.1, 0.15) is 11.6 Å². The van der Waals surface area contributed by atoms with Crippen LogP contribution < -0.4 is 14.8 Å². The predicted octanol–water partition coefficient (Wildman–Crippen LogP) is 6.06. The van der Waals surface area contributed by atoms with E-state index in [1.54, 1.807) is 18.2 Å². The highest BCUT2D eigenvalue weighted by Crippen LogP contribution is 2.40. The van der Waals surface area contributed by atoms with Crippen LogP contribution in [-0.2, 0) is 6.61 Å². The molecule has 0 aliphatic carbocycles. The van der Waals surface area contributed by atoms with E-state index < -0.39 is 14.1 Å². The molecule has 0 saturated carbocycles. The molecular weight excluding hydrogens is 439 g/mol. The van der Waals surface area contributed by atoms with Crippen molar-refractivity contribution in [3.8, 4) is 5.75 Å². The second-order valence-electron chi connectivity index (χ2n) is 8.97. The molecular formula is C27H26ClFO2Si. The molecule has 0 bridgehead atoms. The molecule has 4 aromatic carbocycles. The molecule has 0 atom stereocenters. The second kappa shape index (κ2) is 8.70. The van der Waals surface area contributed by atoms with E-state index in [4.69, 9.17) is 16.0 Å². The highest BCUT2D eigenvalue weighted by atomic mass is 35.5. The maximum absolute atomic E-state index is 14.9. The van der Waals surface area contributed by atoms with Crippen LogP contribution >= 0.6 is 11.6 Å². The first-order valence-electron chi connectivity index (χ1n) is 10.6. The molecule has 0 aromatic heterocycles. The number of hydrogen-bond acceptors (Lipinski definition) is 2. The average molecular weight is 465 g/mol. The molecule has 0 amide bonds. The third-order valence-corrected chi connectivity index (χ3v) is 11.1. The smallest absolute Gasteiger partial charge is 0.319 e. The molecule has 5 heteroatoms. The van der Waals surface area contributed by atoms with Gasteiger partial charge in [0.15, 0.2) is 0 Å². The van der Waals surface area contributed by atoms with Crippen molar-refractivity contribution in [2.24, 2.45) is 0 Å². The fourth-order valence-electron chi connectivity index (χ4n) is 4.39. The lowest BCUT2D eigenvalue weighted by Gasteiger charge is -2.43.